The van der Waals surface area contributed by atoms with Gasteiger partial charge in [-0.3, -0.25) is 4.90 Å². The standard InChI is InChI=1S/C12H17N3O/c1-3-6-15(2)9-12-7-11(14-16-12)8-13-10-4-5-10/h1,7,10,13H,4-6,8-9H2,2H3. The van der Waals surface area contributed by atoms with E-state index in [1.165, 1.54) is 12.8 Å². The molecule has 0 radical (unpaired) electrons. The Hall–Kier alpha value is -1.31. The van der Waals surface area contributed by atoms with E-state index in [0.29, 0.717) is 19.1 Å². The van der Waals surface area contributed by atoms with Crippen molar-refractivity contribution in [1.82, 2.24) is 15.4 Å². The lowest BCUT2D eigenvalue weighted by Crippen LogP contribution is -2.17. The van der Waals surface area contributed by atoms with Crippen LogP contribution in [0, 0.1) is 12.3 Å². The summed E-state index contributed by atoms with van der Waals surface area (Å²) in [4.78, 5) is 2.01. The molecule has 0 amide bonds. The number of hydrogen-bond donors (Lipinski definition) is 1. The number of aromatic nitrogens is 1. The van der Waals surface area contributed by atoms with Crippen molar-refractivity contribution >= 4 is 0 Å². The van der Waals surface area contributed by atoms with Gasteiger partial charge >= 0.3 is 0 Å². The van der Waals surface area contributed by atoms with Crippen molar-refractivity contribution < 1.29 is 4.52 Å². The first kappa shape index (κ1) is 11.2. The Balaban J connectivity index is 1.79. The molecule has 1 N–H and O–H groups in total. The molecule has 4 heteroatoms. The van der Waals surface area contributed by atoms with Gasteiger partial charge in [0, 0.05) is 18.7 Å². The monoisotopic (exact) mass is 219 g/mol. The zero-order valence-corrected chi connectivity index (χ0v) is 9.57. The largest absolute Gasteiger partial charge is 0.360 e. The summed E-state index contributed by atoms with van der Waals surface area (Å²) in [6.45, 7) is 2.13. The second kappa shape index (κ2) is 5.15. The minimum Gasteiger partial charge on any atom is -0.360 e. The van der Waals surface area contributed by atoms with Gasteiger partial charge in [0.05, 0.1) is 18.8 Å². The van der Waals surface area contributed by atoms with Gasteiger partial charge in [-0.1, -0.05) is 11.1 Å². The molecule has 0 unspecified atom stereocenters. The summed E-state index contributed by atoms with van der Waals surface area (Å²) in [6, 6.07) is 2.69. The third kappa shape index (κ3) is 3.37. The Bertz CT molecular complexity index is 376. The SMILES string of the molecule is C#CCN(C)Cc1cc(CNC2CC2)no1. The average molecular weight is 219 g/mol. The molecule has 1 aliphatic carbocycles. The van der Waals surface area contributed by atoms with Gasteiger partial charge in [-0.2, -0.15) is 0 Å². The van der Waals surface area contributed by atoms with Crippen molar-refractivity contribution in [2.75, 3.05) is 13.6 Å². The predicted molar refractivity (Wildman–Crippen MR) is 61.5 cm³/mol. The fraction of sp³-hybridized carbons (Fsp3) is 0.583. The molecule has 1 fully saturated rings. The molecule has 0 bridgehead atoms. The van der Waals surface area contributed by atoms with E-state index in [1.54, 1.807) is 0 Å². The number of rotatable bonds is 6. The van der Waals surface area contributed by atoms with E-state index in [9.17, 15) is 0 Å². The smallest absolute Gasteiger partial charge is 0.151 e. The van der Waals surface area contributed by atoms with Gasteiger partial charge in [-0.05, 0) is 19.9 Å². The van der Waals surface area contributed by atoms with Crippen LogP contribution in [0.2, 0.25) is 0 Å². The third-order valence-electron chi connectivity index (χ3n) is 2.54. The van der Waals surface area contributed by atoms with Gasteiger partial charge in [0.15, 0.2) is 5.76 Å². The molecule has 1 aromatic rings. The minimum atomic E-state index is 0.621. The third-order valence-corrected chi connectivity index (χ3v) is 2.54. The van der Waals surface area contributed by atoms with Crippen LogP contribution in [0.15, 0.2) is 10.6 Å². The average Bonchev–Trinajstić information content (AvgIpc) is 2.98. The summed E-state index contributed by atoms with van der Waals surface area (Å²) in [7, 11) is 1.96. The molecule has 0 aliphatic heterocycles. The van der Waals surface area contributed by atoms with Crippen molar-refractivity contribution in [3.8, 4) is 12.3 Å². The molecular weight excluding hydrogens is 202 g/mol. The first-order valence-electron chi connectivity index (χ1n) is 5.58. The summed E-state index contributed by atoms with van der Waals surface area (Å²) >= 11 is 0. The fourth-order valence-corrected chi connectivity index (χ4v) is 1.53. The van der Waals surface area contributed by atoms with Gasteiger partial charge in [-0.15, -0.1) is 6.42 Å². The summed E-state index contributed by atoms with van der Waals surface area (Å²) < 4.78 is 5.23. The lowest BCUT2D eigenvalue weighted by atomic mass is 10.3. The maximum Gasteiger partial charge on any atom is 0.151 e. The Kier molecular flexibility index (Phi) is 3.60. The Labute approximate surface area is 96.0 Å². The van der Waals surface area contributed by atoms with Crippen LogP contribution in [0.3, 0.4) is 0 Å². The Morgan fingerprint density at radius 3 is 3.19 bits per heavy atom. The van der Waals surface area contributed by atoms with Crippen LogP contribution < -0.4 is 5.32 Å². The van der Waals surface area contributed by atoms with Crippen molar-refractivity contribution in [2.45, 2.75) is 32.0 Å². The maximum atomic E-state index is 5.23. The van der Waals surface area contributed by atoms with Gasteiger partial charge in [-0.25, -0.2) is 0 Å². The minimum absolute atomic E-state index is 0.621. The van der Waals surface area contributed by atoms with E-state index < -0.39 is 0 Å². The molecule has 1 saturated carbocycles. The first-order valence-corrected chi connectivity index (χ1v) is 5.58. The Morgan fingerprint density at radius 2 is 2.50 bits per heavy atom. The zero-order chi connectivity index (χ0) is 11.4. The number of nitrogens with zero attached hydrogens (tertiary/aromatic N) is 2. The van der Waals surface area contributed by atoms with E-state index >= 15 is 0 Å². The number of nitrogens with one attached hydrogen (secondary N) is 1. The van der Waals surface area contributed by atoms with Crippen LogP contribution in [0.1, 0.15) is 24.3 Å². The summed E-state index contributed by atoms with van der Waals surface area (Å²) in [6.07, 6.45) is 7.80. The van der Waals surface area contributed by atoms with Crippen LogP contribution in [-0.4, -0.2) is 29.7 Å². The van der Waals surface area contributed by atoms with Crippen molar-refractivity contribution in [2.24, 2.45) is 0 Å². The molecule has 4 nitrogen and oxygen atoms in total. The highest BCUT2D eigenvalue weighted by atomic mass is 16.5. The second-order valence-electron chi connectivity index (χ2n) is 4.32. The first-order chi connectivity index (χ1) is 7.78. The molecular formula is C12H17N3O. The van der Waals surface area contributed by atoms with Crippen LogP contribution >= 0.6 is 0 Å². The van der Waals surface area contributed by atoms with Crippen LogP contribution in [0.25, 0.3) is 0 Å². The highest BCUT2D eigenvalue weighted by Gasteiger charge is 2.20. The quantitative estimate of drug-likeness (QED) is 0.724. The highest BCUT2D eigenvalue weighted by Crippen LogP contribution is 2.19. The van der Waals surface area contributed by atoms with Gasteiger partial charge in [0.2, 0.25) is 0 Å². The second-order valence-corrected chi connectivity index (χ2v) is 4.32. The van der Waals surface area contributed by atoms with Crippen molar-refractivity contribution in [3.05, 3.63) is 17.5 Å². The van der Waals surface area contributed by atoms with E-state index in [-0.39, 0.29) is 0 Å². The number of terminal acetylenes is 1. The van der Waals surface area contributed by atoms with Gasteiger partial charge in [0.1, 0.15) is 0 Å². The summed E-state index contributed by atoms with van der Waals surface area (Å²) in [5.74, 6) is 3.46. The van der Waals surface area contributed by atoms with Crippen LogP contribution in [-0.2, 0) is 13.1 Å². The van der Waals surface area contributed by atoms with Crippen LogP contribution in [0.4, 0.5) is 0 Å². The molecule has 1 aliphatic rings. The normalized spacial score (nSPS) is 15.3. The molecule has 0 atom stereocenters. The van der Waals surface area contributed by atoms with Crippen molar-refractivity contribution in [3.63, 3.8) is 0 Å². The molecule has 1 aromatic heterocycles. The highest BCUT2D eigenvalue weighted by molar-refractivity contribution is 5.06. The lowest BCUT2D eigenvalue weighted by Gasteiger charge is -2.09. The maximum absolute atomic E-state index is 5.23. The lowest BCUT2D eigenvalue weighted by molar-refractivity contribution is 0.293. The van der Waals surface area contributed by atoms with Gasteiger partial charge < -0.3 is 9.84 Å². The molecule has 16 heavy (non-hydrogen) atoms. The van der Waals surface area contributed by atoms with Gasteiger partial charge in [0.25, 0.3) is 0 Å². The van der Waals surface area contributed by atoms with E-state index in [1.807, 2.05) is 18.0 Å². The predicted octanol–water partition coefficient (Wildman–Crippen LogP) is 0.992. The van der Waals surface area contributed by atoms with E-state index in [0.717, 1.165) is 18.0 Å². The molecule has 2 rings (SSSR count). The van der Waals surface area contributed by atoms with Crippen LogP contribution in [0.5, 0.6) is 0 Å². The fourth-order valence-electron chi connectivity index (χ4n) is 1.53. The topological polar surface area (TPSA) is 41.3 Å². The molecule has 0 spiro atoms. The zero-order valence-electron chi connectivity index (χ0n) is 9.57. The molecule has 0 saturated heterocycles. The molecule has 86 valence electrons. The Morgan fingerprint density at radius 1 is 1.69 bits per heavy atom. The number of hydrogen-bond acceptors (Lipinski definition) is 4. The summed E-state index contributed by atoms with van der Waals surface area (Å²) in [5, 5.41) is 7.41. The van der Waals surface area contributed by atoms with E-state index in [2.05, 4.69) is 16.4 Å². The molecule has 1 heterocycles. The van der Waals surface area contributed by atoms with Crippen molar-refractivity contribution in [1.29, 1.82) is 0 Å². The molecule has 0 aromatic carbocycles. The van der Waals surface area contributed by atoms with E-state index in [4.69, 9.17) is 10.9 Å². The summed E-state index contributed by atoms with van der Waals surface area (Å²) in [5.41, 5.74) is 0.969.